The normalized spacial score (nSPS) is 15.0. The van der Waals surface area contributed by atoms with E-state index in [1.165, 1.54) is 11.3 Å². The number of rotatable bonds is 8. The molecule has 1 amide bonds. The molecule has 11 nitrogen and oxygen atoms in total. The van der Waals surface area contributed by atoms with Crippen molar-refractivity contribution in [1.29, 1.82) is 0 Å². The Bertz CT molecular complexity index is 1480. The van der Waals surface area contributed by atoms with Crippen LogP contribution < -0.4 is 16.0 Å². The molecule has 0 spiro atoms. The summed E-state index contributed by atoms with van der Waals surface area (Å²) in [5, 5.41) is 17.8. The van der Waals surface area contributed by atoms with Crippen molar-refractivity contribution in [2.24, 2.45) is 5.92 Å². The van der Waals surface area contributed by atoms with Crippen molar-refractivity contribution in [3.63, 3.8) is 0 Å². The van der Waals surface area contributed by atoms with Gasteiger partial charge in [-0.25, -0.2) is 9.97 Å². The van der Waals surface area contributed by atoms with Crippen LogP contribution in [0.4, 0.5) is 17.3 Å². The van der Waals surface area contributed by atoms with Gasteiger partial charge in [0.15, 0.2) is 0 Å². The zero-order valence-corrected chi connectivity index (χ0v) is 23.9. The number of hydrogen-bond donors (Lipinski definition) is 3. The summed E-state index contributed by atoms with van der Waals surface area (Å²) >= 11 is 1.36. The Morgan fingerprint density at radius 3 is 2.65 bits per heavy atom. The van der Waals surface area contributed by atoms with Gasteiger partial charge in [-0.3, -0.25) is 4.79 Å². The number of aromatic nitrogens is 4. The quantitative estimate of drug-likeness (QED) is 0.289. The summed E-state index contributed by atoms with van der Waals surface area (Å²) in [4.78, 5) is 31.3. The van der Waals surface area contributed by atoms with E-state index < -0.39 is 12.0 Å². The first-order chi connectivity index (χ1) is 19.2. The number of pyridine rings is 1. The topological polar surface area (TPSA) is 147 Å². The summed E-state index contributed by atoms with van der Waals surface area (Å²) in [6.45, 7) is 9.76. The number of nitrogens with two attached hydrogens (primary N) is 1. The number of aliphatic hydroxyl groups is 1. The largest absolute Gasteiger partial charge is 0.383 e. The number of hydrogen-bond acceptors (Lipinski definition) is 11. The number of likely N-dealkylation sites (N-methyl/N-ethyl adjacent to an activating group) is 1. The highest BCUT2D eigenvalue weighted by molar-refractivity contribution is 7.18. The number of benzene rings is 1. The number of nitrogens with zero attached hydrogens (tertiary/aromatic N) is 6. The van der Waals surface area contributed by atoms with Crippen molar-refractivity contribution < 1.29 is 14.4 Å². The van der Waals surface area contributed by atoms with Gasteiger partial charge >= 0.3 is 0 Å². The summed E-state index contributed by atoms with van der Waals surface area (Å²) in [5.74, 6) is 1.62. The molecular formula is C28H34N8O3S. The number of thiazole rings is 1. The molecule has 0 bridgehead atoms. The van der Waals surface area contributed by atoms with Gasteiger partial charge in [0, 0.05) is 49.2 Å². The molecule has 1 atom stereocenters. The van der Waals surface area contributed by atoms with E-state index in [2.05, 4.69) is 42.3 Å². The highest BCUT2D eigenvalue weighted by atomic mass is 32.1. The second-order valence-corrected chi connectivity index (χ2v) is 11.5. The highest BCUT2D eigenvalue weighted by Crippen LogP contribution is 2.37. The fourth-order valence-corrected chi connectivity index (χ4v) is 5.39. The van der Waals surface area contributed by atoms with Gasteiger partial charge in [-0.2, -0.15) is 4.98 Å². The number of carbonyl (C=O) groups is 1. The van der Waals surface area contributed by atoms with Crippen LogP contribution in [0.1, 0.15) is 25.8 Å². The molecular weight excluding hydrogens is 528 g/mol. The van der Waals surface area contributed by atoms with Gasteiger partial charge in [0.25, 0.3) is 11.8 Å². The van der Waals surface area contributed by atoms with Gasteiger partial charge in [-0.1, -0.05) is 25.1 Å². The zero-order chi connectivity index (χ0) is 28.4. The van der Waals surface area contributed by atoms with Crippen molar-refractivity contribution in [2.45, 2.75) is 33.3 Å². The van der Waals surface area contributed by atoms with Crippen LogP contribution >= 0.6 is 11.3 Å². The third kappa shape index (κ3) is 6.14. The van der Waals surface area contributed by atoms with Crippen molar-refractivity contribution in [2.75, 3.05) is 49.2 Å². The minimum absolute atomic E-state index is 0.199. The van der Waals surface area contributed by atoms with Gasteiger partial charge in [-0.15, -0.1) is 11.3 Å². The van der Waals surface area contributed by atoms with E-state index in [4.69, 9.17) is 10.3 Å². The fraction of sp³-hybridized carbons (Fsp3) is 0.393. The van der Waals surface area contributed by atoms with E-state index in [1.807, 2.05) is 45.2 Å². The Hall–Kier alpha value is -3.87. The predicted molar refractivity (Wildman–Crippen MR) is 157 cm³/mol. The van der Waals surface area contributed by atoms with E-state index >= 15 is 0 Å². The Balaban J connectivity index is 1.33. The minimum atomic E-state index is -1.08. The van der Waals surface area contributed by atoms with Gasteiger partial charge in [0.1, 0.15) is 27.6 Å². The van der Waals surface area contributed by atoms with Crippen molar-refractivity contribution in [3.05, 3.63) is 42.1 Å². The number of piperazine rings is 1. The van der Waals surface area contributed by atoms with Gasteiger partial charge in [-0.05, 0) is 56.1 Å². The maximum absolute atomic E-state index is 12.4. The number of aryl methyl sites for hydroxylation is 1. The smallest absolute Gasteiger partial charge is 0.272 e. The van der Waals surface area contributed by atoms with E-state index in [-0.39, 0.29) is 11.8 Å². The molecule has 4 heterocycles. The van der Waals surface area contributed by atoms with Crippen molar-refractivity contribution in [1.82, 2.24) is 25.0 Å². The maximum atomic E-state index is 12.4. The first-order valence-corrected chi connectivity index (χ1v) is 14.1. The molecule has 210 valence electrons. The van der Waals surface area contributed by atoms with Gasteiger partial charge < -0.3 is 30.5 Å². The lowest BCUT2D eigenvalue weighted by Gasteiger charge is -2.33. The molecule has 0 saturated carbocycles. The number of aliphatic hydroxyl groups excluding tert-OH is 1. The molecule has 4 aromatic rings. The average Bonchev–Trinajstić information content (AvgIpc) is 3.57. The minimum Gasteiger partial charge on any atom is -0.383 e. The van der Waals surface area contributed by atoms with E-state index in [0.29, 0.717) is 39.2 Å². The average molecular weight is 563 g/mol. The Kier molecular flexibility index (Phi) is 8.10. The van der Waals surface area contributed by atoms with Crippen molar-refractivity contribution >= 4 is 34.6 Å². The third-order valence-electron chi connectivity index (χ3n) is 6.84. The number of nitrogen functional groups attached to an aromatic ring is 1. The van der Waals surface area contributed by atoms with Crippen LogP contribution in [0.3, 0.4) is 0 Å². The standard InChI is InChI=1S/C28H34N8O3S/c1-16(2)13-21(37)26(38)31-19-7-5-17(3)20(14-19)25-33-27(39-34-25)23-24(29)32-28(40-23)18-6-8-22(30-15-18)36-11-9-35(4)10-12-36/h5-8,14-16,21,37H,9-13,29H2,1-4H3,(H,31,38). The lowest BCUT2D eigenvalue weighted by Crippen LogP contribution is -2.44. The van der Waals surface area contributed by atoms with Crippen LogP contribution in [0.15, 0.2) is 41.1 Å². The molecule has 0 radical (unpaired) electrons. The van der Waals surface area contributed by atoms with Gasteiger partial charge in [0.2, 0.25) is 5.82 Å². The van der Waals surface area contributed by atoms with E-state index in [1.54, 1.807) is 12.1 Å². The summed E-state index contributed by atoms with van der Waals surface area (Å²) in [6.07, 6.45) is 1.12. The molecule has 40 heavy (non-hydrogen) atoms. The van der Waals surface area contributed by atoms with E-state index in [0.717, 1.165) is 43.1 Å². The fourth-order valence-electron chi connectivity index (χ4n) is 4.49. The lowest BCUT2D eigenvalue weighted by atomic mass is 10.0. The van der Waals surface area contributed by atoms with Gasteiger partial charge in [0.05, 0.1) is 0 Å². The molecule has 12 heteroatoms. The molecule has 4 N–H and O–H groups in total. The summed E-state index contributed by atoms with van der Waals surface area (Å²) in [5.41, 5.74) is 9.25. The lowest BCUT2D eigenvalue weighted by molar-refractivity contribution is -0.124. The molecule has 3 aromatic heterocycles. The van der Waals surface area contributed by atoms with Crippen LogP contribution in [-0.2, 0) is 4.79 Å². The number of nitrogens with one attached hydrogen (secondary N) is 1. The van der Waals surface area contributed by atoms with Crippen LogP contribution in [0, 0.1) is 12.8 Å². The predicted octanol–water partition coefficient (Wildman–Crippen LogP) is 3.91. The Labute approximate surface area is 237 Å². The molecule has 1 fully saturated rings. The SMILES string of the molecule is Cc1ccc(NC(=O)C(O)CC(C)C)cc1-c1noc(-c2sc(-c3ccc(N4CCN(C)CC4)nc3)nc2N)n1. The second-order valence-electron chi connectivity index (χ2n) is 10.5. The number of anilines is 3. The monoisotopic (exact) mass is 562 g/mol. The Morgan fingerprint density at radius 2 is 1.95 bits per heavy atom. The molecule has 1 unspecified atom stereocenters. The molecule has 1 aliphatic heterocycles. The van der Waals surface area contributed by atoms with Crippen LogP contribution in [0.2, 0.25) is 0 Å². The highest BCUT2D eigenvalue weighted by Gasteiger charge is 2.22. The number of amides is 1. The zero-order valence-electron chi connectivity index (χ0n) is 23.1. The molecule has 1 saturated heterocycles. The number of carbonyl (C=O) groups excluding carboxylic acids is 1. The molecule has 5 rings (SSSR count). The molecule has 1 aliphatic rings. The second kappa shape index (κ2) is 11.7. The molecule has 0 aliphatic carbocycles. The Morgan fingerprint density at radius 1 is 1.18 bits per heavy atom. The summed E-state index contributed by atoms with van der Waals surface area (Å²) in [6, 6.07) is 9.41. The summed E-state index contributed by atoms with van der Waals surface area (Å²) < 4.78 is 5.58. The van der Waals surface area contributed by atoms with Crippen LogP contribution in [0.5, 0.6) is 0 Å². The van der Waals surface area contributed by atoms with Crippen molar-refractivity contribution in [3.8, 4) is 32.7 Å². The molecule has 1 aromatic carbocycles. The summed E-state index contributed by atoms with van der Waals surface area (Å²) in [7, 11) is 2.13. The maximum Gasteiger partial charge on any atom is 0.272 e. The first-order valence-electron chi connectivity index (χ1n) is 13.3. The van der Waals surface area contributed by atoms with Crippen LogP contribution in [0.25, 0.3) is 32.7 Å². The third-order valence-corrected chi connectivity index (χ3v) is 7.95. The van der Waals surface area contributed by atoms with E-state index in [9.17, 15) is 9.90 Å². The van der Waals surface area contributed by atoms with Crippen LogP contribution in [-0.4, -0.2) is 75.4 Å². The first kappa shape index (κ1) is 27.7.